The molecule has 3 aliphatic rings. The van der Waals surface area contributed by atoms with Gasteiger partial charge in [0.15, 0.2) is 5.65 Å². The van der Waals surface area contributed by atoms with Gasteiger partial charge in [0.2, 0.25) is 0 Å². The van der Waals surface area contributed by atoms with Crippen LogP contribution in [0.5, 0.6) is 0 Å². The van der Waals surface area contributed by atoms with E-state index in [9.17, 15) is 0 Å². The molecule has 1 aromatic carbocycles. The van der Waals surface area contributed by atoms with E-state index >= 15 is 0 Å². The fourth-order valence-corrected chi connectivity index (χ4v) is 5.38. The molecule has 1 N–H and O–H groups in total. The second kappa shape index (κ2) is 10.0. The van der Waals surface area contributed by atoms with Gasteiger partial charge in [-0.3, -0.25) is 0 Å². The third kappa shape index (κ3) is 4.75. The smallest absolute Gasteiger partial charge is 0.181 e. The number of anilines is 1. The number of ether oxygens (including phenoxy) is 2. The SMILES string of the molecule is CC1=CC(c2ncnc3nc(-c4ccc(N5CCOCC5)cc4)[nH]c23)CC=C1OC1CCN(C)CC1. The highest BCUT2D eigenvalue weighted by atomic mass is 16.5. The van der Waals surface area contributed by atoms with Crippen LogP contribution >= 0.6 is 0 Å². The van der Waals surface area contributed by atoms with Crippen molar-refractivity contribution in [2.45, 2.75) is 38.2 Å². The average molecular weight is 487 g/mol. The molecule has 3 aromatic rings. The summed E-state index contributed by atoms with van der Waals surface area (Å²) >= 11 is 0. The van der Waals surface area contributed by atoms with Gasteiger partial charge < -0.3 is 24.3 Å². The molecule has 0 amide bonds. The second-order valence-corrected chi connectivity index (χ2v) is 10.1. The van der Waals surface area contributed by atoms with E-state index in [0.717, 1.165) is 87.0 Å². The minimum Gasteiger partial charge on any atom is -0.490 e. The maximum atomic E-state index is 6.38. The van der Waals surface area contributed by atoms with Gasteiger partial charge in [0.1, 0.15) is 29.5 Å². The lowest BCUT2D eigenvalue weighted by atomic mass is 9.92. The summed E-state index contributed by atoms with van der Waals surface area (Å²) in [4.78, 5) is 22.2. The number of nitrogens with one attached hydrogen (secondary N) is 1. The van der Waals surface area contributed by atoms with E-state index in [-0.39, 0.29) is 5.92 Å². The lowest BCUT2D eigenvalue weighted by Gasteiger charge is -2.31. The Morgan fingerprint density at radius 3 is 2.56 bits per heavy atom. The molecule has 0 spiro atoms. The number of rotatable bonds is 5. The molecule has 2 aromatic heterocycles. The van der Waals surface area contributed by atoms with Crippen LogP contribution in [0.25, 0.3) is 22.6 Å². The summed E-state index contributed by atoms with van der Waals surface area (Å²) in [6, 6.07) is 8.56. The lowest BCUT2D eigenvalue weighted by molar-refractivity contribution is 0.0610. The number of nitrogens with zero attached hydrogens (tertiary/aromatic N) is 5. The first-order chi connectivity index (χ1) is 17.6. The molecule has 0 saturated carbocycles. The minimum atomic E-state index is 0.164. The average Bonchev–Trinajstić information content (AvgIpc) is 3.36. The Labute approximate surface area is 212 Å². The molecule has 8 heteroatoms. The van der Waals surface area contributed by atoms with E-state index in [0.29, 0.717) is 11.8 Å². The molecule has 1 atom stereocenters. The second-order valence-electron chi connectivity index (χ2n) is 10.1. The summed E-state index contributed by atoms with van der Waals surface area (Å²) in [5, 5.41) is 0. The number of imidazole rings is 1. The fraction of sp³-hybridized carbons (Fsp3) is 0.464. The van der Waals surface area contributed by atoms with Crippen molar-refractivity contribution in [3.8, 4) is 11.4 Å². The number of piperidine rings is 1. The van der Waals surface area contributed by atoms with E-state index < -0.39 is 0 Å². The Kier molecular flexibility index (Phi) is 6.46. The summed E-state index contributed by atoms with van der Waals surface area (Å²) < 4.78 is 11.9. The van der Waals surface area contributed by atoms with Gasteiger partial charge >= 0.3 is 0 Å². The predicted molar refractivity (Wildman–Crippen MR) is 141 cm³/mol. The van der Waals surface area contributed by atoms with E-state index in [2.05, 4.69) is 75.1 Å². The Bertz CT molecular complexity index is 1270. The molecule has 188 valence electrons. The maximum Gasteiger partial charge on any atom is 0.181 e. The lowest BCUT2D eigenvalue weighted by Crippen LogP contribution is -2.36. The zero-order valence-electron chi connectivity index (χ0n) is 21.1. The Morgan fingerprint density at radius 2 is 1.81 bits per heavy atom. The molecule has 2 fully saturated rings. The predicted octanol–water partition coefficient (Wildman–Crippen LogP) is 4.28. The van der Waals surface area contributed by atoms with Gasteiger partial charge in [-0.2, -0.15) is 0 Å². The van der Waals surface area contributed by atoms with Crippen molar-refractivity contribution in [2.24, 2.45) is 0 Å². The quantitative estimate of drug-likeness (QED) is 0.576. The van der Waals surface area contributed by atoms with E-state index in [1.807, 2.05) is 0 Å². The van der Waals surface area contributed by atoms with Crippen molar-refractivity contribution in [2.75, 3.05) is 51.3 Å². The maximum absolute atomic E-state index is 6.38. The first-order valence-electron chi connectivity index (χ1n) is 13.0. The summed E-state index contributed by atoms with van der Waals surface area (Å²) in [6.07, 6.45) is 9.47. The van der Waals surface area contributed by atoms with Crippen LogP contribution in [-0.4, -0.2) is 77.4 Å². The zero-order chi connectivity index (χ0) is 24.5. The van der Waals surface area contributed by atoms with Crippen LogP contribution in [0.1, 0.15) is 37.8 Å². The van der Waals surface area contributed by atoms with Crippen molar-refractivity contribution < 1.29 is 9.47 Å². The number of morpholine rings is 1. The minimum absolute atomic E-state index is 0.164. The third-order valence-electron chi connectivity index (χ3n) is 7.54. The highest BCUT2D eigenvalue weighted by molar-refractivity contribution is 5.79. The molecule has 6 rings (SSSR count). The van der Waals surface area contributed by atoms with Gasteiger partial charge in [0.05, 0.1) is 18.9 Å². The van der Waals surface area contributed by atoms with Crippen molar-refractivity contribution >= 4 is 16.9 Å². The fourth-order valence-electron chi connectivity index (χ4n) is 5.38. The van der Waals surface area contributed by atoms with Crippen molar-refractivity contribution in [1.82, 2.24) is 24.8 Å². The van der Waals surface area contributed by atoms with E-state index in [1.165, 1.54) is 11.3 Å². The molecule has 1 unspecified atom stereocenters. The van der Waals surface area contributed by atoms with Crippen LogP contribution < -0.4 is 4.90 Å². The summed E-state index contributed by atoms with van der Waals surface area (Å²) in [7, 11) is 2.18. The first kappa shape index (κ1) is 23.2. The number of likely N-dealkylation sites (tertiary alicyclic amines) is 1. The largest absolute Gasteiger partial charge is 0.490 e. The van der Waals surface area contributed by atoms with E-state index in [1.54, 1.807) is 6.33 Å². The van der Waals surface area contributed by atoms with Gasteiger partial charge in [-0.25, -0.2) is 15.0 Å². The van der Waals surface area contributed by atoms with Crippen molar-refractivity contribution in [3.63, 3.8) is 0 Å². The molecule has 2 saturated heterocycles. The van der Waals surface area contributed by atoms with Gasteiger partial charge in [-0.05, 0) is 69.1 Å². The number of fused-ring (bicyclic) bond motifs is 1. The number of aromatic nitrogens is 4. The number of hydrogen-bond donors (Lipinski definition) is 1. The molecular weight excluding hydrogens is 452 g/mol. The van der Waals surface area contributed by atoms with Crippen LogP contribution in [0.15, 0.2) is 54.1 Å². The highest BCUT2D eigenvalue weighted by Crippen LogP contribution is 2.34. The molecule has 0 radical (unpaired) electrons. The summed E-state index contributed by atoms with van der Waals surface area (Å²) in [5.41, 5.74) is 6.03. The molecule has 2 aliphatic heterocycles. The van der Waals surface area contributed by atoms with Crippen LogP contribution in [0.4, 0.5) is 5.69 Å². The number of H-pyrrole nitrogens is 1. The van der Waals surface area contributed by atoms with Crippen LogP contribution in [0.3, 0.4) is 0 Å². The van der Waals surface area contributed by atoms with E-state index in [4.69, 9.17) is 14.5 Å². The Morgan fingerprint density at radius 1 is 1.03 bits per heavy atom. The Balaban J connectivity index is 1.20. The molecular formula is C28H34N6O2. The Hall–Kier alpha value is -3.23. The van der Waals surface area contributed by atoms with Gasteiger partial charge in [-0.1, -0.05) is 6.08 Å². The normalized spacial score (nSPS) is 21.9. The summed E-state index contributed by atoms with van der Waals surface area (Å²) in [6.45, 7) is 7.75. The monoisotopic (exact) mass is 486 g/mol. The summed E-state index contributed by atoms with van der Waals surface area (Å²) in [5.74, 6) is 2.01. The van der Waals surface area contributed by atoms with Crippen LogP contribution in [0, 0.1) is 0 Å². The van der Waals surface area contributed by atoms with Crippen molar-refractivity contribution in [3.05, 3.63) is 59.8 Å². The molecule has 4 heterocycles. The highest BCUT2D eigenvalue weighted by Gasteiger charge is 2.24. The van der Waals surface area contributed by atoms with Crippen LogP contribution in [0.2, 0.25) is 0 Å². The number of allylic oxidation sites excluding steroid dienone is 3. The molecule has 8 nitrogen and oxygen atoms in total. The van der Waals surface area contributed by atoms with Gasteiger partial charge in [0, 0.05) is 43.3 Å². The molecule has 36 heavy (non-hydrogen) atoms. The molecule has 0 bridgehead atoms. The van der Waals surface area contributed by atoms with Gasteiger partial charge in [0.25, 0.3) is 0 Å². The molecule has 1 aliphatic carbocycles. The zero-order valence-corrected chi connectivity index (χ0v) is 21.1. The number of hydrogen-bond acceptors (Lipinski definition) is 7. The standard InChI is InChI=1S/C28H34N6O2/c1-19-17-21(5-8-24(19)36-23-9-11-33(2)12-10-23)25-26-28(30-18-29-25)32-27(31-26)20-3-6-22(7-4-20)34-13-15-35-16-14-34/h3-4,6-8,17-18,21,23H,5,9-16H2,1-2H3,(H,29,30,31,32). The van der Waals surface area contributed by atoms with Crippen molar-refractivity contribution in [1.29, 1.82) is 0 Å². The first-order valence-corrected chi connectivity index (χ1v) is 13.0. The van der Waals surface area contributed by atoms with Gasteiger partial charge in [-0.15, -0.1) is 0 Å². The van der Waals surface area contributed by atoms with Crippen LogP contribution in [-0.2, 0) is 9.47 Å². The number of benzene rings is 1. The number of aromatic amines is 1. The topological polar surface area (TPSA) is 79.4 Å². The third-order valence-corrected chi connectivity index (χ3v) is 7.54.